The van der Waals surface area contributed by atoms with Crippen molar-refractivity contribution >= 4 is 15.8 Å². The normalized spacial score (nSPS) is 11.1. The second kappa shape index (κ2) is 4.00. The monoisotopic (exact) mass is 229 g/mol. The molecular weight excluding hydrogens is 218 g/mol. The molecular formula is C9H11NO4S. The summed E-state index contributed by atoms with van der Waals surface area (Å²) in [5, 5.41) is 4.97. The van der Waals surface area contributed by atoms with Gasteiger partial charge in [0.1, 0.15) is 10.6 Å². The molecule has 0 heterocycles. The molecule has 1 rings (SSSR count). The van der Waals surface area contributed by atoms with Crippen molar-refractivity contribution < 1.29 is 17.9 Å². The molecule has 5 nitrogen and oxygen atoms in total. The first-order valence-electron chi connectivity index (χ1n) is 4.08. The van der Waals surface area contributed by atoms with Crippen molar-refractivity contribution in [3.05, 3.63) is 23.8 Å². The molecule has 0 aliphatic heterocycles. The van der Waals surface area contributed by atoms with Crippen molar-refractivity contribution in [3.8, 4) is 5.75 Å². The predicted octanol–water partition coefficient (Wildman–Crippen LogP) is 0.545. The number of ether oxygens (including phenoxy) is 1. The van der Waals surface area contributed by atoms with Gasteiger partial charge in [-0.1, -0.05) is 0 Å². The van der Waals surface area contributed by atoms with Crippen molar-refractivity contribution in [3.63, 3.8) is 0 Å². The number of Topliss-reactive ketones (excluding diaryl/α,β-unsaturated/α-hetero) is 1. The van der Waals surface area contributed by atoms with Gasteiger partial charge in [0.2, 0.25) is 10.0 Å². The summed E-state index contributed by atoms with van der Waals surface area (Å²) in [6.07, 6.45) is 0. The lowest BCUT2D eigenvalue weighted by molar-refractivity contribution is 0.101. The Kier molecular flexibility index (Phi) is 3.11. The number of hydrogen-bond donors (Lipinski definition) is 1. The first kappa shape index (κ1) is 11.7. The van der Waals surface area contributed by atoms with Gasteiger partial charge in [0.15, 0.2) is 5.78 Å². The highest BCUT2D eigenvalue weighted by molar-refractivity contribution is 7.89. The Labute approximate surface area is 87.9 Å². The van der Waals surface area contributed by atoms with Crippen molar-refractivity contribution in [2.45, 2.75) is 11.8 Å². The Morgan fingerprint density at radius 3 is 2.40 bits per heavy atom. The number of ketones is 1. The average molecular weight is 229 g/mol. The van der Waals surface area contributed by atoms with Crippen LogP contribution in [0.3, 0.4) is 0 Å². The number of rotatable bonds is 3. The van der Waals surface area contributed by atoms with E-state index in [0.717, 1.165) is 0 Å². The third kappa shape index (κ3) is 2.54. The Morgan fingerprint density at radius 2 is 2.00 bits per heavy atom. The molecule has 1 aromatic carbocycles. The summed E-state index contributed by atoms with van der Waals surface area (Å²) in [5.41, 5.74) is 0.374. The molecule has 0 saturated heterocycles. The number of primary sulfonamides is 1. The molecule has 15 heavy (non-hydrogen) atoms. The summed E-state index contributed by atoms with van der Waals surface area (Å²) in [5.74, 6) is -0.0977. The third-order valence-corrected chi connectivity index (χ3v) is 2.83. The zero-order valence-corrected chi connectivity index (χ0v) is 9.17. The maximum atomic E-state index is 11.1. The summed E-state index contributed by atoms with van der Waals surface area (Å²) in [7, 11) is -2.51. The van der Waals surface area contributed by atoms with Crippen molar-refractivity contribution in [2.75, 3.05) is 7.11 Å². The van der Waals surface area contributed by atoms with E-state index in [1.54, 1.807) is 0 Å². The lowest BCUT2D eigenvalue weighted by Gasteiger charge is -2.07. The van der Waals surface area contributed by atoms with Crippen LogP contribution in [0.5, 0.6) is 5.75 Å². The zero-order valence-electron chi connectivity index (χ0n) is 8.35. The van der Waals surface area contributed by atoms with Gasteiger partial charge in [-0.2, -0.15) is 0 Å². The molecule has 0 aliphatic carbocycles. The quantitative estimate of drug-likeness (QED) is 0.766. The van der Waals surface area contributed by atoms with Crippen LogP contribution in [0.1, 0.15) is 17.3 Å². The molecule has 0 fully saturated rings. The van der Waals surface area contributed by atoms with E-state index in [0.29, 0.717) is 5.56 Å². The number of benzene rings is 1. The number of nitrogens with two attached hydrogens (primary N) is 1. The molecule has 82 valence electrons. The Hall–Kier alpha value is -1.40. The second-order valence-electron chi connectivity index (χ2n) is 2.97. The van der Waals surface area contributed by atoms with Crippen LogP contribution in [0.25, 0.3) is 0 Å². The highest BCUT2D eigenvalue weighted by atomic mass is 32.2. The molecule has 0 amide bonds. The van der Waals surface area contributed by atoms with Gasteiger partial charge in [-0.15, -0.1) is 0 Å². The predicted molar refractivity (Wildman–Crippen MR) is 54.4 cm³/mol. The Bertz CT molecular complexity index is 493. The van der Waals surface area contributed by atoms with Gasteiger partial charge in [0, 0.05) is 5.56 Å². The Morgan fingerprint density at radius 1 is 1.40 bits per heavy atom. The van der Waals surface area contributed by atoms with Crippen LogP contribution in [-0.2, 0) is 10.0 Å². The minimum absolute atomic E-state index is 0.0743. The van der Waals surface area contributed by atoms with Crippen molar-refractivity contribution in [1.82, 2.24) is 0 Å². The van der Waals surface area contributed by atoms with Gasteiger partial charge in [-0.3, -0.25) is 4.79 Å². The fourth-order valence-corrected chi connectivity index (χ4v) is 1.80. The number of carbonyl (C=O) groups excluding carboxylic acids is 1. The van der Waals surface area contributed by atoms with E-state index in [1.807, 2.05) is 0 Å². The number of carbonyl (C=O) groups is 1. The standard InChI is InChI=1S/C9H11NO4S/c1-6(11)7-3-4-9(15(10,12)13)8(5-7)14-2/h3-5H,1-2H3,(H2,10,12,13). The van der Waals surface area contributed by atoms with E-state index in [1.165, 1.54) is 32.2 Å². The molecule has 0 bridgehead atoms. The minimum Gasteiger partial charge on any atom is -0.495 e. The third-order valence-electron chi connectivity index (χ3n) is 1.88. The SMILES string of the molecule is COc1cc(C(C)=O)ccc1S(N)(=O)=O. The van der Waals surface area contributed by atoms with Gasteiger partial charge >= 0.3 is 0 Å². The maximum absolute atomic E-state index is 11.1. The van der Waals surface area contributed by atoms with Gasteiger partial charge < -0.3 is 4.74 Å². The summed E-state index contributed by atoms with van der Waals surface area (Å²) in [6, 6.07) is 4.00. The average Bonchev–Trinajstić information content (AvgIpc) is 2.15. The van der Waals surface area contributed by atoms with Gasteiger partial charge in [-0.25, -0.2) is 13.6 Å². The first-order valence-corrected chi connectivity index (χ1v) is 5.62. The molecule has 0 spiro atoms. The first-order chi connectivity index (χ1) is 6.86. The Balaban J connectivity index is 3.40. The highest BCUT2D eigenvalue weighted by Gasteiger charge is 2.15. The number of sulfonamides is 1. The van der Waals surface area contributed by atoms with Crippen LogP contribution in [0, 0.1) is 0 Å². The van der Waals surface area contributed by atoms with Crippen molar-refractivity contribution in [2.24, 2.45) is 5.14 Å². The van der Waals surface area contributed by atoms with E-state index in [4.69, 9.17) is 9.88 Å². The van der Waals surface area contributed by atoms with Crippen LogP contribution in [0.4, 0.5) is 0 Å². The second-order valence-corrected chi connectivity index (χ2v) is 4.50. The van der Waals surface area contributed by atoms with Gasteiger partial charge in [0.05, 0.1) is 7.11 Å². The lowest BCUT2D eigenvalue weighted by atomic mass is 10.1. The molecule has 0 aliphatic rings. The largest absolute Gasteiger partial charge is 0.495 e. The molecule has 1 aromatic rings. The fraction of sp³-hybridized carbons (Fsp3) is 0.222. The topological polar surface area (TPSA) is 86.5 Å². The van der Waals surface area contributed by atoms with Gasteiger partial charge in [-0.05, 0) is 25.1 Å². The van der Waals surface area contributed by atoms with Crippen LogP contribution in [0.15, 0.2) is 23.1 Å². The van der Waals surface area contributed by atoms with E-state index in [-0.39, 0.29) is 16.4 Å². The molecule has 0 aromatic heterocycles. The summed E-state index contributed by atoms with van der Waals surface area (Å²) in [6.45, 7) is 1.38. The molecule has 0 unspecified atom stereocenters. The smallest absolute Gasteiger partial charge is 0.241 e. The minimum atomic E-state index is -3.82. The van der Waals surface area contributed by atoms with Gasteiger partial charge in [0.25, 0.3) is 0 Å². The maximum Gasteiger partial charge on any atom is 0.241 e. The lowest BCUT2D eigenvalue weighted by Crippen LogP contribution is -2.13. The van der Waals surface area contributed by atoms with Crippen LogP contribution in [-0.4, -0.2) is 21.3 Å². The van der Waals surface area contributed by atoms with E-state index < -0.39 is 10.0 Å². The molecule has 2 N–H and O–H groups in total. The van der Waals surface area contributed by atoms with E-state index in [2.05, 4.69) is 0 Å². The van der Waals surface area contributed by atoms with Crippen LogP contribution < -0.4 is 9.88 Å². The molecule has 0 radical (unpaired) electrons. The molecule has 6 heteroatoms. The van der Waals surface area contributed by atoms with E-state index >= 15 is 0 Å². The fourth-order valence-electron chi connectivity index (χ4n) is 1.12. The van der Waals surface area contributed by atoms with Crippen LogP contribution in [0.2, 0.25) is 0 Å². The van der Waals surface area contributed by atoms with E-state index in [9.17, 15) is 13.2 Å². The summed E-state index contributed by atoms with van der Waals surface area (Å²) >= 11 is 0. The molecule has 0 saturated carbocycles. The number of hydrogen-bond acceptors (Lipinski definition) is 4. The summed E-state index contributed by atoms with van der Waals surface area (Å²) < 4.78 is 27.1. The molecule has 0 atom stereocenters. The summed E-state index contributed by atoms with van der Waals surface area (Å²) in [4.78, 5) is 10.9. The van der Waals surface area contributed by atoms with Crippen molar-refractivity contribution in [1.29, 1.82) is 0 Å². The zero-order chi connectivity index (χ0) is 11.6. The number of methoxy groups -OCH3 is 1. The highest BCUT2D eigenvalue weighted by Crippen LogP contribution is 2.23. The van der Waals surface area contributed by atoms with Crippen LogP contribution >= 0.6 is 0 Å².